The van der Waals surface area contributed by atoms with Gasteiger partial charge in [0.05, 0.1) is 10.8 Å². The van der Waals surface area contributed by atoms with Gasteiger partial charge in [0.15, 0.2) is 5.69 Å². The van der Waals surface area contributed by atoms with Crippen molar-refractivity contribution in [2.45, 2.75) is 24.3 Å². The van der Waals surface area contributed by atoms with Crippen molar-refractivity contribution in [3.63, 3.8) is 0 Å². The zero-order valence-corrected chi connectivity index (χ0v) is 18.4. The van der Waals surface area contributed by atoms with Gasteiger partial charge >= 0.3 is 5.69 Å². The van der Waals surface area contributed by atoms with E-state index in [0.29, 0.717) is 6.54 Å². The number of halogens is 1. The fraction of sp³-hybridized carbons (Fsp3) is 0.273. The molecule has 1 N–H and O–H groups in total. The van der Waals surface area contributed by atoms with Crippen molar-refractivity contribution >= 4 is 33.2 Å². The number of aryl methyl sites for hydroxylation is 1. The summed E-state index contributed by atoms with van der Waals surface area (Å²) in [7, 11) is 1.72. The van der Waals surface area contributed by atoms with E-state index in [4.69, 9.17) is 4.52 Å². The maximum absolute atomic E-state index is 13.7. The van der Waals surface area contributed by atoms with E-state index in [2.05, 4.69) is 26.4 Å². The first-order valence-corrected chi connectivity index (χ1v) is 10.6. The zero-order valence-electron chi connectivity index (χ0n) is 16.8. The first-order chi connectivity index (χ1) is 14.9. The fourth-order valence-electron chi connectivity index (χ4n) is 5.10. The van der Waals surface area contributed by atoms with E-state index in [1.807, 2.05) is 48.5 Å². The lowest BCUT2D eigenvalue weighted by molar-refractivity contribution is -0.386. The van der Waals surface area contributed by atoms with Gasteiger partial charge in [-0.05, 0) is 30.7 Å². The Hall–Kier alpha value is -3.04. The van der Waals surface area contributed by atoms with Gasteiger partial charge in [-0.3, -0.25) is 20.2 Å². The van der Waals surface area contributed by atoms with Gasteiger partial charge in [0, 0.05) is 35.2 Å². The number of aromatic nitrogens is 1. The monoisotopic (exact) mass is 482 g/mol. The summed E-state index contributed by atoms with van der Waals surface area (Å²) in [6, 6.07) is 15.3. The molecule has 2 aliphatic rings. The molecule has 0 unspecified atom stereocenters. The third kappa shape index (κ3) is 2.69. The summed E-state index contributed by atoms with van der Waals surface area (Å²) in [5, 5.41) is 19.3. The van der Waals surface area contributed by atoms with Crippen LogP contribution in [0.4, 0.5) is 11.4 Å². The number of nitro groups is 1. The van der Waals surface area contributed by atoms with Gasteiger partial charge in [0.2, 0.25) is 5.76 Å². The standard InChI is InChI=1S/C22H19BrN4O4/c1-12-19(27(29)30)20(31-25-12)18-15(13-6-5-7-14(23)10-13)11-24-22(18)16-8-3-4-9-17(16)26(2)21(22)28/h3-10,15,18,24H,11H2,1-2H3/t15-,18+,22-/m0/s1. The van der Waals surface area contributed by atoms with Crippen LogP contribution in [0.15, 0.2) is 57.5 Å². The molecule has 2 aromatic carbocycles. The van der Waals surface area contributed by atoms with Gasteiger partial charge in [0.25, 0.3) is 5.91 Å². The number of nitrogens with one attached hydrogen (secondary N) is 1. The first kappa shape index (κ1) is 19.9. The van der Waals surface area contributed by atoms with Gasteiger partial charge in [-0.15, -0.1) is 0 Å². The molecule has 1 amide bonds. The number of hydrogen-bond acceptors (Lipinski definition) is 6. The van der Waals surface area contributed by atoms with E-state index in [1.165, 1.54) is 0 Å². The van der Waals surface area contributed by atoms with Crippen LogP contribution in [0.1, 0.15) is 34.4 Å². The van der Waals surface area contributed by atoms with Crippen molar-refractivity contribution in [2.24, 2.45) is 0 Å². The molecule has 0 bridgehead atoms. The molecule has 3 aromatic rings. The summed E-state index contributed by atoms with van der Waals surface area (Å²) in [6.07, 6.45) is 0. The molecule has 5 rings (SSSR count). The second-order valence-electron chi connectivity index (χ2n) is 7.95. The summed E-state index contributed by atoms with van der Waals surface area (Å²) >= 11 is 3.51. The number of rotatable bonds is 3. The van der Waals surface area contributed by atoms with Crippen LogP contribution in [0.5, 0.6) is 0 Å². The van der Waals surface area contributed by atoms with Crippen LogP contribution in [0.3, 0.4) is 0 Å². The van der Waals surface area contributed by atoms with Crippen molar-refractivity contribution in [1.82, 2.24) is 10.5 Å². The van der Waals surface area contributed by atoms with Gasteiger partial charge < -0.3 is 9.42 Å². The van der Waals surface area contributed by atoms with Crippen LogP contribution in [-0.4, -0.2) is 29.6 Å². The number of anilines is 1. The SMILES string of the molecule is Cc1noc([C@H]2[C@H](c3cccc(Br)c3)CN[C@]23C(=O)N(C)c2ccccc23)c1[N+](=O)[O-]. The smallest absolute Gasteiger partial charge is 0.334 e. The number of nitrogens with zero attached hydrogens (tertiary/aromatic N) is 3. The molecule has 31 heavy (non-hydrogen) atoms. The maximum atomic E-state index is 13.7. The zero-order chi connectivity index (χ0) is 21.9. The van der Waals surface area contributed by atoms with Crippen LogP contribution >= 0.6 is 15.9 Å². The molecule has 0 saturated carbocycles. The molecule has 1 saturated heterocycles. The summed E-state index contributed by atoms with van der Waals surface area (Å²) in [5.41, 5.74) is 1.35. The second kappa shape index (κ2) is 7.00. The second-order valence-corrected chi connectivity index (χ2v) is 8.86. The molecule has 1 fully saturated rings. The maximum Gasteiger partial charge on any atom is 0.334 e. The molecular weight excluding hydrogens is 464 g/mol. The number of likely N-dealkylation sites (N-methyl/N-ethyl adjacent to an activating group) is 1. The highest BCUT2D eigenvalue weighted by atomic mass is 79.9. The molecule has 158 valence electrons. The van der Waals surface area contributed by atoms with Crippen molar-refractivity contribution in [3.8, 4) is 0 Å². The third-order valence-electron chi connectivity index (χ3n) is 6.40. The minimum Gasteiger partial charge on any atom is -0.353 e. The molecule has 1 aromatic heterocycles. The van der Waals surface area contributed by atoms with Crippen molar-refractivity contribution in [3.05, 3.63) is 85.7 Å². The lowest BCUT2D eigenvalue weighted by atomic mass is 9.72. The van der Waals surface area contributed by atoms with Gasteiger partial charge in [0.1, 0.15) is 5.54 Å². The highest BCUT2D eigenvalue weighted by Crippen LogP contribution is 2.57. The largest absolute Gasteiger partial charge is 0.353 e. The Kier molecular flexibility index (Phi) is 4.49. The van der Waals surface area contributed by atoms with Crippen molar-refractivity contribution in [2.75, 3.05) is 18.5 Å². The number of benzene rings is 2. The summed E-state index contributed by atoms with van der Waals surface area (Å²) in [6.45, 7) is 2.00. The predicted octanol–water partition coefficient (Wildman–Crippen LogP) is 4.00. The average Bonchev–Trinajstić information content (AvgIpc) is 3.39. The molecule has 8 nitrogen and oxygen atoms in total. The lowest BCUT2D eigenvalue weighted by Crippen LogP contribution is -2.49. The number of carbonyl (C=O) groups is 1. The average molecular weight is 483 g/mol. The number of amides is 1. The Bertz CT molecular complexity index is 1230. The molecule has 2 aliphatic heterocycles. The van der Waals surface area contributed by atoms with E-state index >= 15 is 0 Å². The fourth-order valence-corrected chi connectivity index (χ4v) is 5.51. The highest BCUT2D eigenvalue weighted by molar-refractivity contribution is 9.10. The minimum absolute atomic E-state index is 0.121. The molecule has 3 atom stereocenters. The Morgan fingerprint density at radius 1 is 1.29 bits per heavy atom. The Morgan fingerprint density at radius 3 is 2.81 bits per heavy atom. The quantitative estimate of drug-likeness (QED) is 0.447. The Labute approximate surface area is 186 Å². The van der Waals surface area contributed by atoms with Gasteiger partial charge in [-0.1, -0.05) is 51.4 Å². The van der Waals surface area contributed by atoms with Crippen molar-refractivity contribution < 1.29 is 14.2 Å². The number of para-hydroxylation sites is 1. The van der Waals surface area contributed by atoms with Crippen LogP contribution < -0.4 is 10.2 Å². The molecule has 3 heterocycles. The predicted molar refractivity (Wildman–Crippen MR) is 117 cm³/mol. The summed E-state index contributed by atoms with van der Waals surface area (Å²) in [4.78, 5) is 26.8. The van der Waals surface area contributed by atoms with Crippen LogP contribution in [-0.2, 0) is 10.3 Å². The van der Waals surface area contributed by atoms with Crippen LogP contribution in [0.25, 0.3) is 0 Å². The molecular formula is C22H19BrN4O4. The van der Waals surface area contributed by atoms with Crippen molar-refractivity contribution in [1.29, 1.82) is 0 Å². The summed E-state index contributed by atoms with van der Waals surface area (Å²) < 4.78 is 6.49. The van der Waals surface area contributed by atoms with E-state index in [0.717, 1.165) is 21.3 Å². The normalized spacial score (nSPS) is 24.7. The highest BCUT2D eigenvalue weighted by Gasteiger charge is 2.63. The summed E-state index contributed by atoms with van der Waals surface area (Å²) in [5.74, 6) is -0.940. The minimum atomic E-state index is -1.19. The third-order valence-corrected chi connectivity index (χ3v) is 6.89. The first-order valence-electron chi connectivity index (χ1n) is 9.85. The topological polar surface area (TPSA) is 102 Å². The lowest BCUT2D eigenvalue weighted by Gasteiger charge is -2.30. The molecule has 9 heteroatoms. The number of hydrogen-bond donors (Lipinski definition) is 1. The Morgan fingerprint density at radius 2 is 2.06 bits per heavy atom. The number of carbonyl (C=O) groups excluding carboxylic acids is 1. The van der Waals surface area contributed by atoms with Gasteiger partial charge in [-0.25, -0.2) is 0 Å². The Balaban J connectivity index is 1.79. The van der Waals surface area contributed by atoms with Crippen LogP contribution in [0.2, 0.25) is 0 Å². The molecule has 0 radical (unpaired) electrons. The van der Waals surface area contributed by atoms with E-state index in [-0.39, 0.29) is 29.0 Å². The van der Waals surface area contributed by atoms with Crippen LogP contribution in [0, 0.1) is 17.0 Å². The van der Waals surface area contributed by atoms with E-state index < -0.39 is 16.4 Å². The van der Waals surface area contributed by atoms with E-state index in [1.54, 1.807) is 18.9 Å². The van der Waals surface area contributed by atoms with E-state index in [9.17, 15) is 14.9 Å². The molecule has 1 spiro atoms. The van der Waals surface area contributed by atoms with Gasteiger partial charge in [-0.2, -0.15) is 0 Å². The number of fused-ring (bicyclic) bond motifs is 2. The molecule has 0 aliphatic carbocycles.